The molecule has 3 nitrogen and oxygen atoms in total. The van der Waals surface area contributed by atoms with Gasteiger partial charge in [0.2, 0.25) is 0 Å². The molecule has 0 aromatic heterocycles. The van der Waals surface area contributed by atoms with Gasteiger partial charge < -0.3 is 10.5 Å². The summed E-state index contributed by atoms with van der Waals surface area (Å²) in [6, 6.07) is 6.07. The summed E-state index contributed by atoms with van der Waals surface area (Å²) in [6.45, 7) is 0.147. The van der Waals surface area contributed by atoms with Crippen molar-refractivity contribution in [3.05, 3.63) is 35.6 Å². The second kappa shape index (κ2) is 4.45. The smallest absolute Gasteiger partial charge is 0.317 e. The maximum Gasteiger partial charge on any atom is 0.317 e. The van der Waals surface area contributed by atoms with Crippen molar-refractivity contribution in [2.75, 3.05) is 13.7 Å². The number of ether oxygens (including phenoxy) is 1. The molecule has 0 heterocycles. The lowest BCUT2D eigenvalue weighted by Gasteiger charge is -2.30. The van der Waals surface area contributed by atoms with E-state index in [1.807, 2.05) is 0 Å². The average Bonchev–Trinajstić information content (AvgIpc) is 3.15. The fraction of sp³-hybridized carbons (Fsp3) is 0.462. The first-order chi connectivity index (χ1) is 8.15. The Bertz CT molecular complexity index is 431. The molecule has 2 rings (SSSR count). The molecule has 0 bridgehead atoms. The second-order valence-electron chi connectivity index (χ2n) is 4.45. The number of benzene rings is 1. The minimum atomic E-state index is -0.878. The summed E-state index contributed by atoms with van der Waals surface area (Å²) < 4.78 is 18.2. The lowest BCUT2D eigenvalue weighted by molar-refractivity contribution is -0.148. The van der Waals surface area contributed by atoms with E-state index in [1.54, 1.807) is 12.1 Å². The van der Waals surface area contributed by atoms with Gasteiger partial charge in [-0.1, -0.05) is 12.1 Å². The Morgan fingerprint density at radius 2 is 2.29 bits per heavy atom. The van der Waals surface area contributed by atoms with Gasteiger partial charge in [0.15, 0.2) is 0 Å². The van der Waals surface area contributed by atoms with Crippen LogP contribution in [-0.4, -0.2) is 19.6 Å². The molecule has 1 aromatic rings. The molecule has 1 aliphatic rings. The molecule has 0 amide bonds. The van der Waals surface area contributed by atoms with Gasteiger partial charge in [-0.3, -0.25) is 4.79 Å². The molecule has 1 aliphatic carbocycles. The predicted molar refractivity (Wildman–Crippen MR) is 61.9 cm³/mol. The van der Waals surface area contributed by atoms with Gasteiger partial charge >= 0.3 is 5.97 Å². The summed E-state index contributed by atoms with van der Waals surface area (Å²) >= 11 is 0. The topological polar surface area (TPSA) is 52.3 Å². The highest BCUT2D eigenvalue weighted by Crippen LogP contribution is 2.47. The van der Waals surface area contributed by atoms with Gasteiger partial charge in [0.1, 0.15) is 11.2 Å². The Hall–Kier alpha value is -1.42. The third kappa shape index (κ3) is 1.93. The summed E-state index contributed by atoms with van der Waals surface area (Å²) in [4.78, 5) is 12.0. The lowest BCUT2D eigenvalue weighted by Crippen LogP contribution is -2.46. The van der Waals surface area contributed by atoms with Crippen molar-refractivity contribution >= 4 is 5.97 Å². The van der Waals surface area contributed by atoms with Crippen LogP contribution in [0, 0.1) is 11.7 Å². The number of carbonyl (C=O) groups is 1. The van der Waals surface area contributed by atoms with Gasteiger partial charge in [0.25, 0.3) is 0 Å². The Morgan fingerprint density at radius 3 is 2.76 bits per heavy atom. The Morgan fingerprint density at radius 1 is 1.59 bits per heavy atom. The minimum absolute atomic E-state index is 0.147. The van der Waals surface area contributed by atoms with E-state index < -0.39 is 5.41 Å². The predicted octanol–water partition coefficient (Wildman–Crippen LogP) is 1.61. The molecule has 4 heteroatoms. The van der Waals surface area contributed by atoms with E-state index >= 15 is 0 Å². The van der Waals surface area contributed by atoms with E-state index in [2.05, 4.69) is 0 Å². The fourth-order valence-electron chi connectivity index (χ4n) is 2.41. The van der Waals surface area contributed by atoms with Crippen molar-refractivity contribution in [2.24, 2.45) is 11.7 Å². The van der Waals surface area contributed by atoms with Gasteiger partial charge in [0.05, 0.1) is 7.11 Å². The Kier molecular flexibility index (Phi) is 3.15. The first kappa shape index (κ1) is 12.0. The molecular formula is C13H16FNO2. The highest BCUT2D eigenvalue weighted by atomic mass is 19.1. The van der Waals surface area contributed by atoms with Gasteiger partial charge in [0, 0.05) is 6.54 Å². The van der Waals surface area contributed by atoms with Crippen molar-refractivity contribution < 1.29 is 13.9 Å². The fourth-order valence-corrected chi connectivity index (χ4v) is 2.41. The number of esters is 1. The quantitative estimate of drug-likeness (QED) is 0.809. The van der Waals surface area contributed by atoms with Gasteiger partial charge in [-0.05, 0) is 36.5 Å². The molecule has 17 heavy (non-hydrogen) atoms. The molecule has 0 radical (unpaired) electrons. The highest BCUT2D eigenvalue weighted by molar-refractivity contribution is 5.84. The first-order valence-electron chi connectivity index (χ1n) is 5.69. The van der Waals surface area contributed by atoms with Crippen LogP contribution in [0.15, 0.2) is 24.3 Å². The second-order valence-corrected chi connectivity index (χ2v) is 4.45. The number of rotatable bonds is 4. The van der Waals surface area contributed by atoms with E-state index in [4.69, 9.17) is 10.5 Å². The number of halogens is 1. The molecule has 0 spiro atoms. The molecule has 1 atom stereocenters. The largest absolute Gasteiger partial charge is 0.468 e. The number of nitrogens with two attached hydrogens (primary N) is 1. The van der Waals surface area contributed by atoms with Crippen LogP contribution >= 0.6 is 0 Å². The third-order valence-corrected chi connectivity index (χ3v) is 3.49. The summed E-state index contributed by atoms with van der Waals surface area (Å²) in [5.41, 5.74) is 5.53. The molecule has 0 saturated heterocycles. The van der Waals surface area contributed by atoms with Crippen molar-refractivity contribution in [3.63, 3.8) is 0 Å². The van der Waals surface area contributed by atoms with Crippen LogP contribution in [-0.2, 0) is 14.9 Å². The van der Waals surface area contributed by atoms with Crippen molar-refractivity contribution in [3.8, 4) is 0 Å². The van der Waals surface area contributed by atoms with Gasteiger partial charge in [-0.2, -0.15) is 0 Å². The lowest BCUT2D eigenvalue weighted by atomic mass is 9.76. The Balaban J connectivity index is 2.49. The van der Waals surface area contributed by atoms with Crippen LogP contribution in [0.5, 0.6) is 0 Å². The van der Waals surface area contributed by atoms with Crippen LogP contribution in [0.1, 0.15) is 18.4 Å². The van der Waals surface area contributed by atoms with Gasteiger partial charge in [-0.25, -0.2) is 4.39 Å². The average molecular weight is 237 g/mol. The van der Waals surface area contributed by atoms with Crippen molar-refractivity contribution in [1.82, 2.24) is 0 Å². The third-order valence-electron chi connectivity index (χ3n) is 3.49. The number of hydrogen-bond acceptors (Lipinski definition) is 3. The van der Waals surface area contributed by atoms with E-state index in [0.29, 0.717) is 5.56 Å². The maximum absolute atomic E-state index is 13.3. The summed E-state index contributed by atoms with van der Waals surface area (Å²) in [5, 5.41) is 0. The van der Waals surface area contributed by atoms with E-state index in [0.717, 1.165) is 12.8 Å². The molecule has 0 aliphatic heterocycles. The monoisotopic (exact) mass is 237 g/mol. The molecule has 2 N–H and O–H groups in total. The van der Waals surface area contributed by atoms with Gasteiger partial charge in [-0.15, -0.1) is 0 Å². The van der Waals surface area contributed by atoms with Crippen LogP contribution in [0.4, 0.5) is 4.39 Å². The zero-order chi connectivity index (χ0) is 12.5. The SMILES string of the molecule is COC(=O)C(CN)(c1cccc(F)c1)C1CC1. The van der Waals surface area contributed by atoms with Crippen molar-refractivity contribution in [1.29, 1.82) is 0 Å². The molecular weight excluding hydrogens is 221 g/mol. The molecule has 1 fully saturated rings. The first-order valence-corrected chi connectivity index (χ1v) is 5.69. The van der Waals surface area contributed by atoms with Crippen LogP contribution in [0.25, 0.3) is 0 Å². The minimum Gasteiger partial charge on any atom is -0.468 e. The zero-order valence-electron chi connectivity index (χ0n) is 9.78. The zero-order valence-corrected chi connectivity index (χ0v) is 9.78. The summed E-state index contributed by atoms with van der Waals surface area (Å²) in [5.74, 6) is -0.556. The van der Waals surface area contributed by atoms with Crippen LogP contribution in [0.3, 0.4) is 0 Å². The molecule has 92 valence electrons. The highest BCUT2D eigenvalue weighted by Gasteiger charge is 2.52. The maximum atomic E-state index is 13.3. The molecule has 1 aromatic carbocycles. The number of carbonyl (C=O) groups excluding carboxylic acids is 1. The normalized spacial score (nSPS) is 18.5. The van der Waals surface area contributed by atoms with E-state index in [9.17, 15) is 9.18 Å². The standard InChI is InChI=1S/C13H16FNO2/c1-17-12(16)13(8-15,9-5-6-9)10-3-2-4-11(14)7-10/h2-4,7,9H,5-6,8,15H2,1H3. The Labute approximate surface area is 99.8 Å². The number of hydrogen-bond donors (Lipinski definition) is 1. The number of methoxy groups -OCH3 is 1. The molecule has 1 unspecified atom stereocenters. The van der Waals surface area contributed by atoms with E-state index in [-0.39, 0.29) is 24.2 Å². The summed E-state index contributed by atoms with van der Waals surface area (Å²) in [6.07, 6.45) is 1.87. The summed E-state index contributed by atoms with van der Waals surface area (Å²) in [7, 11) is 1.34. The van der Waals surface area contributed by atoms with Crippen molar-refractivity contribution in [2.45, 2.75) is 18.3 Å². The van der Waals surface area contributed by atoms with E-state index in [1.165, 1.54) is 19.2 Å². The van der Waals surface area contributed by atoms with Crippen LogP contribution in [0.2, 0.25) is 0 Å². The molecule has 1 saturated carbocycles. The van der Waals surface area contributed by atoms with Crippen LogP contribution < -0.4 is 5.73 Å².